The molecular formula is C14H18ClN. The third-order valence-corrected chi connectivity index (χ3v) is 2.89. The van der Waals surface area contributed by atoms with Crippen LogP contribution in [0.5, 0.6) is 0 Å². The van der Waals surface area contributed by atoms with Crippen molar-refractivity contribution in [3.05, 3.63) is 33.8 Å². The van der Waals surface area contributed by atoms with E-state index in [2.05, 4.69) is 25.7 Å². The number of rotatable bonds is 2. The normalized spacial score (nSPS) is 11.8. The summed E-state index contributed by atoms with van der Waals surface area (Å²) in [5, 5.41) is 0.708. The monoisotopic (exact) mass is 235 g/mol. The molecule has 1 aromatic carbocycles. The summed E-state index contributed by atoms with van der Waals surface area (Å²) in [7, 11) is 0. The first-order valence-corrected chi connectivity index (χ1v) is 5.96. The molecule has 1 atom stereocenters. The van der Waals surface area contributed by atoms with E-state index in [0.29, 0.717) is 5.02 Å². The minimum atomic E-state index is -0.0531. The summed E-state index contributed by atoms with van der Waals surface area (Å²) in [5.74, 6) is 6.09. The maximum atomic E-state index is 6.12. The van der Waals surface area contributed by atoms with E-state index in [1.54, 1.807) is 0 Å². The van der Waals surface area contributed by atoms with Crippen molar-refractivity contribution in [3.63, 3.8) is 0 Å². The van der Waals surface area contributed by atoms with Crippen molar-refractivity contribution in [3.8, 4) is 11.8 Å². The average Bonchev–Trinajstić information content (AvgIpc) is 2.22. The summed E-state index contributed by atoms with van der Waals surface area (Å²) in [6, 6.07) is 3.91. The van der Waals surface area contributed by atoms with Gasteiger partial charge in [0.15, 0.2) is 0 Å². The molecule has 2 N–H and O–H groups in total. The minimum Gasteiger partial charge on any atom is -0.318 e. The summed E-state index contributed by atoms with van der Waals surface area (Å²) in [6.07, 6.45) is 1.98. The van der Waals surface area contributed by atoms with E-state index in [1.165, 1.54) is 11.1 Å². The van der Waals surface area contributed by atoms with Gasteiger partial charge in [-0.15, -0.1) is 0 Å². The van der Waals surface area contributed by atoms with Crippen LogP contribution in [-0.4, -0.2) is 6.04 Å². The molecule has 1 rings (SSSR count). The molecule has 0 aromatic heterocycles. The van der Waals surface area contributed by atoms with Gasteiger partial charge in [-0.25, -0.2) is 0 Å². The van der Waals surface area contributed by atoms with Crippen molar-refractivity contribution in [1.82, 2.24) is 0 Å². The number of nitrogens with two attached hydrogens (primary N) is 1. The van der Waals surface area contributed by atoms with Crippen LogP contribution in [0, 0.1) is 25.7 Å². The second-order valence-electron chi connectivity index (χ2n) is 4.08. The second-order valence-corrected chi connectivity index (χ2v) is 4.49. The molecule has 1 nitrogen and oxygen atoms in total. The Labute approximate surface area is 103 Å². The molecule has 2 heteroatoms. The van der Waals surface area contributed by atoms with Crippen LogP contribution in [-0.2, 0) is 0 Å². The third kappa shape index (κ3) is 3.56. The van der Waals surface area contributed by atoms with Gasteiger partial charge >= 0.3 is 0 Å². The molecule has 0 fully saturated rings. The Morgan fingerprint density at radius 1 is 1.31 bits per heavy atom. The van der Waals surface area contributed by atoms with Crippen LogP contribution in [0.4, 0.5) is 0 Å². The van der Waals surface area contributed by atoms with Gasteiger partial charge in [0.05, 0.1) is 11.1 Å². The molecule has 0 saturated heterocycles. The molecule has 16 heavy (non-hydrogen) atoms. The Bertz CT molecular complexity index is 426. The van der Waals surface area contributed by atoms with Crippen molar-refractivity contribution >= 4 is 11.6 Å². The highest BCUT2D eigenvalue weighted by Crippen LogP contribution is 2.19. The summed E-state index contributed by atoms with van der Waals surface area (Å²) in [6.45, 7) is 6.20. The van der Waals surface area contributed by atoms with Crippen molar-refractivity contribution < 1.29 is 0 Å². The first-order chi connectivity index (χ1) is 7.54. The second kappa shape index (κ2) is 5.94. The Morgan fingerprint density at radius 2 is 1.94 bits per heavy atom. The largest absolute Gasteiger partial charge is 0.318 e. The summed E-state index contributed by atoms with van der Waals surface area (Å²) in [5.41, 5.74) is 9.10. The molecule has 0 aliphatic carbocycles. The summed E-state index contributed by atoms with van der Waals surface area (Å²) >= 11 is 6.12. The van der Waals surface area contributed by atoms with E-state index in [-0.39, 0.29) is 6.04 Å². The minimum absolute atomic E-state index is 0.0531. The number of aryl methyl sites for hydroxylation is 2. The third-order valence-electron chi connectivity index (χ3n) is 2.58. The molecule has 0 aliphatic rings. The zero-order chi connectivity index (χ0) is 12.1. The summed E-state index contributed by atoms with van der Waals surface area (Å²) < 4.78 is 0. The zero-order valence-corrected chi connectivity index (χ0v) is 10.9. The molecule has 0 radical (unpaired) electrons. The van der Waals surface area contributed by atoms with E-state index in [0.717, 1.165) is 18.4 Å². The van der Waals surface area contributed by atoms with Gasteiger partial charge in [-0.1, -0.05) is 36.8 Å². The van der Waals surface area contributed by atoms with Crippen LogP contribution in [0.15, 0.2) is 12.1 Å². The van der Waals surface area contributed by atoms with Gasteiger partial charge in [0.2, 0.25) is 0 Å². The Balaban J connectivity index is 2.93. The molecule has 0 amide bonds. The lowest BCUT2D eigenvalue weighted by Gasteiger charge is -2.03. The standard InChI is InChI=1S/C14H18ClN/c1-4-5-13(16)7-6-12-8-10(2)11(3)9-14(12)15/h8-9,13H,4-5,16H2,1-3H3. The molecule has 0 bridgehead atoms. The van der Waals surface area contributed by atoms with Crippen LogP contribution in [0.3, 0.4) is 0 Å². The predicted octanol–water partition coefficient (Wildman–Crippen LogP) is 3.44. The molecular weight excluding hydrogens is 218 g/mol. The first kappa shape index (κ1) is 13.1. The SMILES string of the molecule is CCCC(N)C#Cc1cc(C)c(C)cc1Cl. The average molecular weight is 236 g/mol. The fraction of sp³-hybridized carbons (Fsp3) is 0.429. The number of halogens is 1. The van der Waals surface area contributed by atoms with Gasteiger partial charge < -0.3 is 5.73 Å². The van der Waals surface area contributed by atoms with Gasteiger partial charge in [0.1, 0.15) is 0 Å². The van der Waals surface area contributed by atoms with E-state index in [1.807, 2.05) is 19.1 Å². The van der Waals surface area contributed by atoms with Crippen molar-refractivity contribution in [2.24, 2.45) is 5.73 Å². The molecule has 1 unspecified atom stereocenters. The molecule has 0 heterocycles. The Morgan fingerprint density at radius 3 is 2.56 bits per heavy atom. The highest BCUT2D eigenvalue weighted by molar-refractivity contribution is 6.31. The van der Waals surface area contributed by atoms with Gasteiger partial charge in [0.25, 0.3) is 0 Å². The Hall–Kier alpha value is -0.970. The lowest BCUT2D eigenvalue weighted by atomic mass is 10.1. The summed E-state index contributed by atoms with van der Waals surface area (Å²) in [4.78, 5) is 0. The van der Waals surface area contributed by atoms with E-state index in [4.69, 9.17) is 17.3 Å². The maximum Gasteiger partial charge on any atom is 0.0668 e. The number of benzene rings is 1. The highest BCUT2D eigenvalue weighted by atomic mass is 35.5. The van der Waals surface area contributed by atoms with E-state index < -0.39 is 0 Å². The van der Waals surface area contributed by atoms with E-state index in [9.17, 15) is 0 Å². The van der Waals surface area contributed by atoms with Gasteiger partial charge in [-0.05, 0) is 43.5 Å². The fourth-order valence-electron chi connectivity index (χ4n) is 1.43. The lowest BCUT2D eigenvalue weighted by Crippen LogP contribution is -2.16. The predicted molar refractivity (Wildman–Crippen MR) is 70.7 cm³/mol. The van der Waals surface area contributed by atoms with Crippen molar-refractivity contribution in [1.29, 1.82) is 0 Å². The van der Waals surface area contributed by atoms with Crippen LogP contribution in [0.2, 0.25) is 5.02 Å². The Kier molecular flexibility index (Phi) is 4.86. The zero-order valence-electron chi connectivity index (χ0n) is 10.1. The molecule has 0 spiro atoms. The van der Waals surface area contributed by atoms with Gasteiger partial charge in [0, 0.05) is 5.56 Å². The van der Waals surface area contributed by atoms with Crippen molar-refractivity contribution in [2.45, 2.75) is 39.7 Å². The molecule has 86 valence electrons. The topological polar surface area (TPSA) is 26.0 Å². The number of hydrogen-bond donors (Lipinski definition) is 1. The smallest absolute Gasteiger partial charge is 0.0668 e. The fourth-order valence-corrected chi connectivity index (χ4v) is 1.70. The highest BCUT2D eigenvalue weighted by Gasteiger charge is 2.01. The van der Waals surface area contributed by atoms with E-state index >= 15 is 0 Å². The first-order valence-electron chi connectivity index (χ1n) is 5.58. The van der Waals surface area contributed by atoms with Crippen LogP contribution in [0.1, 0.15) is 36.5 Å². The molecule has 1 aromatic rings. The lowest BCUT2D eigenvalue weighted by molar-refractivity contribution is 0.720. The molecule has 0 saturated carbocycles. The molecule has 0 aliphatic heterocycles. The number of hydrogen-bond acceptors (Lipinski definition) is 1. The van der Waals surface area contributed by atoms with Crippen LogP contribution in [0.25, 0.3) is 0 Å². The van der Waals surface area contributed by atoms with Crippen LogP contribution >= 0.6 is 11.6 Å². The van der Waals surface area contributed by atoms with Crippen molar-refractivity contribution in [2.75, 3.05) is 0 Å². The van der Waals surface area contributed by atoms with Gasteiger partial charge in [-0.3, -0.25) is 0 Å². The quantitative estimate of drug-likeness (QED) is 0.781. The maximum absolute atomic E-state index is 6.12. The van der Waals surface area contributed by atoms with Gasteiger partial charge in [-0.2, -0.15) is 0 Å². The van der Waals surface area contributed by atoms with Crippen LogP contribution < -0.4 is 5.73 Å².